The fraction of sp³-hybridized carbons (Fsp3) is 0.409. The first-order valence-corrected chi connectivity index (χ1v) is 11.8. The predicted molar refractivity (Wildman–Crippen MR) is 116 cm³/mol. The van der Waals surface area contributed by atoms with Gasteiger partial charge in [0.15, 0.2) is 0 Å². The number of hydrogen-bond acceptors (Lipinski definition) is 5. The summed E-state index contributed by atoms with van der Waals surface area (Å²) in [4.78, 5) is 15.6. The highest BCUT2D eigenvalue weighted by atomic mass is 32.2. The van der Waals surface area contributed by atoms with Gasteiger partial charge in [-0.2, -0.15) is 4.31 Å². The van der Waals surface area contributed by atoms with Gasteiger partial charge in [0.1, 0.15) is 6.04 Å². The van der Waals surface area contributed by atoms with Gasteiger partial charge in [0.25, 0.3) is 0 Å². The maximum Gasteiger partial charge on any atom is 0.243 e. The lowest BCUT2D eigenvalue weighted by Crippen LogP contribution is -2.50. The van der Waals surface area contributed by atoms with E-state index < -0.39 is 16.1 Å². The molecule has 0 spiro atoms. The number of carbonyl (C=O) groups excluding carboxylic acids is 1. The fourth-order valence-electron chi connectivity index (χ4n) is 4.06. The van der Waals surface area contributed by atoms with Crippen molar-refractivity contribution in [3.05, 3.63) is 54.6 Å². The van der Waals surface area contributed by atoms with E-state index in [9.17, 15) is 13.2 Å². The first-order valence-electron chi connectivity index (χ1n) is 10.4. The first kappa shape index (κ1) is 20.8. The summed E-state index contributed by atoms with van der Waals surface area (Å²) in [5, 5.41) is 3.00. The Bertz CT molecular complexity index is 975. The Morgan fingerprint density at radius 1 is 0.933 bits per heavy atom. The van der Waals surface area contributed by atoms with Gasteiger partial charge in [-0.1, -0.05) is 36.8 Å². The molecule has 30 heavy (non-hydrogen) atoms. The van der Waals surface area contributed by atoms with Crippen LogP contribution in [-0.4, -0.2) is 57.5 Å². The van der Waals surface area contributed by atoms with Crippen molar-refractivity contribution in [2.24, 2.45) is 0 Å². The standard InChI is InChI=1S/C22H27N3O4S/c26-22(23-19-10-4-5-11-20(19)24-14-16-29-17-15-24)21-12-6-7-13-25(21)30(27,28)18-8-2-1-3-9-18/h1-5,8-11,21H,6-7,12-17H2,(H,23,26)/t21-/m1/s1. The Labute approximate surface area is 177 Å². The molecule has 0 unspecified atom stereocenters. The maximum absolute atomic E-state index is 13.2. The van der Waals surface area contributed by atoms with Crippen LogP contribution in [-0.2, 0) is 19.6 Å². The lowest BCUT2D eigenvalue weighted by atomic mass is 10.0. The van der Waals surface area contributed by atoms with Gasteiger partial charge in [-0.3, -0.25) is 4.79 Å². The van der Waals surface area contributed by atoms with Gasteiger partial charge in [0.2, 0.25) is 15.9 Å². The molecule has 1 amide bonds. The highest BCUT2D eigenvalue weighted by molar-refractivity contribution is 7.89. The number of rotatable bonds is 5. The Kier molecular flexibility index (Phi) is 6.36. The molecule has 2 saturated heterocycles. The smallest absolute Gasteiger partial charge is 0.243 e. The van der Waals surface area contributed by atoms with Gasteiger partial charge in [-0.25, -0.2) is 8.42 Å². The van der Waals surface area contributed by atoms with Gasteiger partial charge in [0, 0.05) is 19.6 Å². The van der Waals surface area contributed by atoms with Crippen LogP contribution in [0.5, 0.6) is 0 Å². The SMILES string of the molecule is O=C(Nc1ccccc1N1CCOCC1)[C@H]1CCCCN1S(=O)(=O)c1ccccc1. The minimum Gasteiger partial charge on any atom is -0.378 e. The number of morpholine rings is 1. The van der Waals surface area contributed by atoms with Crippen molar-refractivity contribution in [2.75, 3.05) is 43.1 Å². The number of amides is 1. The Morgan fingerprint density at radius 3 is 2.40 bits per heavy atom. The second-order valence-electron chi connectivity index (χ2n) is 7.55. The third-order valence-electron chi connectivity index (χ3n) is 5.62. The lowest BCUT2D eigenvalue weighted by Gasteiger charge is -2.34. The van der Waals surface area contributed by atoms with Gasteiger partial charge >= 0.3 is 0 Å². The number of carbonyl (C=O) groups is 1. The van der Waals surface area contributed by atoms with E-state index in [0.717, 1.165) is 31.6 Å². The monoisotopic (exact) mass is 429 g/mol. The van der Waals surface area contributed by atoms with E-state index in [4.69, 9.17) is 4.74 Å². The van der Waals surface area contributed by atoms with E-state index >= 15 is 0 Å². The number of nitrogens with zero attached hydrogens (tertiary/aromatic N) is 2. The largest absolute Gasteiger partial charge is 0.378 e. The average Bonchev–Trinajstić information content (AvgIpc) is 2.80. The number of sulfonamides is 1. The van der Waals surface area contributed by atoms with Crippen molar-refractivity contribution in [1.82, 2.24) is 4.31 Å². The summed E-state index contributed by atoms with van der Waals surface area (Å²) in [6, 6.07) is 15.3. The second kappa shape index (κ2) is 9.16. The molecule has 2 aromatic carbocycles. The molecule has 2 aliphatic heterocycles. The lowest BCUT2D eigenvalue weighted by molar-refractivity contribution is -0.120. The topological polar surface area (TPSA) is 79.0 Å². The summed E-state index contributed by atoms with van der Waals surface area (Å²) < 4.78 is 33.2. The van der Waals surface area contributed by atoms with Crippen molar-refractivity contribution >= 4 is 27.3 Å². The zero-order chi connectivity index (χ0) is 21.0. The van der Waals surface area contributed by atoms with Crippen LogP contribution in [0, 0.1) is 0 Å². The molecule has 0 saturated carbocycles. The predicted octanol–water partition coefficient (Wildman–Crippen LogP) is 2.71. The van der Waals surface area contributed by atoms with E-state index in [2.05, 4.69) is 10.2 Å². The van der Waals surface area contributed by atoms with Crippen LogP contribution >= 0.6 is 0 Å². The van der Waals surface area contributed by atoms with Crippen LogP contribution < -0.4 is 10.2 Å². The van der Waals surface area contributed by atoms with Crippen molar-refractivity contribution < 1.29 is 17.9 Å². The van der Waals surface area contributed by atoms with Crippen molar-refractivity contribution in [2.45, 2.75) is 30.2 Å². The Morgan fingerprint density at radius 2 is 1.63 bits per heavy atom. The summed E-state index contributed by atoms with van der Waals surface area (Å²) in [6.07, 6.45) is 2.09. The number of piperidine rings is 1. The Hall–Kier alpha value is -2.42. The molecule has 2 fully saturated rings. The second-order valence-corrected chi connectivity index (χ2v) is 9.44. The highest BCUT2D eigenvalue weighted by Crippen LogP contribution is 2.29. The first-order chi connectivity index (χ1) is 14.6. The zero-order valence-electron chi connectivity index (χ0n) is 16.9. The molecule has 2 aliphatic rings. The van der Waals surface area contributed by atoms with Crippen LogP contribution in [0.1, 0.15) is 19.3 Å². The van der Waals surface area contributed by atoms with Gasteiger partial charge < -0.3 is 15.0 Å². The molecular weight excluding hydrogens is 402 g/mol. The molecule has 8 heteroatoms. The van der Waals surface area contributed by atoms with Gasteiger partial charge in [-0.15, -0.1) is 0 Å². The molecule has 2 heterocycles. The van der Waals surface area contributed by atoms with E-state index in [0.29, 0.717) is 31.9 Å². The molecule has 4 rings (SSSR count). The summed E-state index contributed by atoms with van der Waals surface area (Å²) >= 11 is 0. The summed E-state index contributed by atoms with van der Waals surface area (Å²) in [5.41, 5.74) is 1.63. The van der Waals surface area contributed by atoms with Crippen LogP contribution in [0.3, 0.4) is 0 Å². The van der Waals surface area contributed by atoms with Crippen molar-refractivity contribution in [3.63, 3.8) is 0 Å². The van der Waals surface area contributed by atoms with Gasteiger partial charge in [-0.05, 0) is 37.1 Å². The minimum absolute atomic E-state index is 0.221. The van der Waals surface area contributed by atoms with Crippen LogP contribution in [0.4, 0.5) is 11.4 Å². The van der Waals surface area contributed by atoms with E-state index in [1.165, 1.54) is 4.31 Å². The molecule has 0 aliphatic carbocycles. The molecule has 160 valence electrons. The van der Waals surface area contributed by atoms with E-state index in [1.807, 2.05) is 24.3 Å². The number of para-hydroxylation sites is 2. The number of ether oxygens (including phenoxy) is 1. The third-order valence-corrected chi connectivity index (χ3v) is 7.54. The summed E-state index contributed by atoms with van der Waals surface area (Å²) in [7, 11) is -3.73. The highest BCUT2D eigenvalue weighted by Gasteiger charge is 2.37. The third kappa shape index (κ3) is 4.35. The number of anilines is 2. The molecular formula is C22H27N3O4S. The van der Waals surface area contributed by atoms with E-state index in [1.54, 1.807) is 30.3 Å². The quantitative estimate of drug-likeness (QED) is 0.791. The molecule has 7 nitrogen and oxygen atoms in total. The molecule has 0 bridgehead atoms. The zero-order valence-corrected chi connectivity index (χ0v) is 17.7. The minimum atomic E-state index is -3.73. The van der Waals surface area contributed by atoms with Crippen molar-refractivity contribution in [3.8, 4) is 0 Å². The molecule has 0 aromatic heterocycles. The maximum atomic E-state index is 13.2. The molecule has 1 N–H and O–H groups in total. The molecule has 1 atom stereocenters. The van der Waals surface area contributed by atoms with E-state index in [-0.39, 0.29) is 10.8 Å². The number of hydrogen-bond donors (Lipinski definition) is 1. The normalized spacial score (nSPS) is 20.7. The van der Waals surface area contributed by atoms with Crippen LogP contribution in [0.2, 0.25) is 0 Å². The number of nitrogens with one attached hydrogen (secondary N) is 1. The number of benzene rings is 2. The van der Waals surface area contributed by atoms with Crippen LogP contribution in [0.15, 0.2) is 59.5 Å². The van der Waals surface area contributed by atoms with Crippen LogP contribution in [0.25, 0.3) is 0 Å². The van der Waals surface area contributed by atoms with Gasteiger partial charge in [0.05, 0.1) is 29.5 Å². The fourth-order valence-corrected chi connectivity index (χ4v) is 5.74. The Balaban J connectivity index is 1.57. The van der Waals surface area contributed by atoms with Crippen molar-refractivity contribution in [1.29, 1.82) is 0 Å². The average molecular weight is 430 g/mol. The summed E-state index contributed by atoms with van der Waals surface area (Å²) in [6.45, 7) is 3.15. The molecule has 0 radical (unpaired) electrons. The molecule has 2 aromatic rings. The summed E-state index contributed by atoms with van der Waals surface area (Å²) in [5.74, 6) is -0.282.